The van der Waals surface area contributed by atoms with Gasteiger partial charge in [-0.25, -0.2) is 0 Å². The predicted molar refractivity (Wildman–Crippen MR) is 53.0 cm³/mol. The van der Waals surface area contributed by atoms with Crippen LogP contribution in [0, 0.1) is 5.38 Å². The van der Waals surface area contributed by atoms with E-state index >= 15 is 0 Å². The van der Waals surface area contributed by atoms with E-state index in [-0.39, 0.29) is 0 Å². The number of allylic oxidation sites excluding steroid dienone is 1. The van der Waals surface area contributed by atoms with E-state index in [4.69, 9.17) is 11.6 Å². The van der Waals surface area contributed by atoms with Crippen molar-refractivity contribution in [1.82, 2.24) is 0 Å². The smallest absolute Gasteiger partial charge is 0.0679 e. The van der Waals surface area contributed by atoms with E-state index in [2.05, 4.69) is 12.0 Å². The Morgan fingerprint density at radius 1 is 1.64 bits per heavy atom. The standard InChI is InChI=1S/C9H8ClS/c1-3-5-9-7(4-2)8(10)6-11-9/h3-5H,2H2,1H3. The van der Waals surface area contributed by atoms with Crippen LogP contribution >= 0.6 is 22.9 Å². The topological polar surface area (TPSA) is 0 Å². The van der Waals surface area contributed by atoms with E-state index in [0.717, 1.165) is 10.4 Å². The van der Waals surface area contributed by atoms with Gasteiger partial charge in [0, 0.05) is 10.4 Å². The van der Waals surface area contributed by atoms with Gasteiger partial charge in [-0.05, 0) is 13.0 Å². The highest BCUT2D eigenvalue weighted by Gasteiger charge is 2.03. The Morgan fingerprint density at radius 3 is 2.91 bits per heavy atom. The first kappa shape index (κ1) is 8.57. The Hall–Kier alpha value is -0.530. The maximum Gasteiger partial charge on any atom is 0.0679 e. The third-order valence-corrected chi connectivity index (χ3v) is 2.57. The van der Waals surface area contributed by atoms with Crippen molar-refractivity contribution < 1.29 is 0 Å². The molecule has 0 amide bonds. The molecule has 11 heavy (non-hydrogen) atoms. The van der Waals surface area contributed by atoms with Crippen LogP contribution in [0.1, 0.15) is 17.4 Å². The van der Waals surface area contributed by atoms with Gasteiger partial charge < -0.3 is 0 Å². The van der Waals surface area contributed by atoms with E-state index in [1.807, 2.05) is 19.1 Å². The van der Waals surface area contributed by atoms with Crippen molar-refractivity contribution in [2.45, 2.75) is 6.92 Å². The van der Waals surface area contributed by atoms with Crippen LogP contribution in [0.5, 0.6) is 0 Å². The lowest BCUT2D eigenvalue weighted by molar-refractivity contribution is 1.76. The molecule has 0 aliphatic rings. The van der Waals surface area contributed by atoms with Gasteiger partial charge >= 0.3 is 0 Å². The SMILES string of the molecule is C=Cc1c(Cl)[c]sc1C=CC. The van der Waals surface area contributed by atoms with Crippen LogP contribution in [0.15, 0.2) is 12.7 Å². The van der Waals surface area contributed by atoms with E-state index in [0.29, 0.717) is 5.02 Å². The summed E-state index contributed by atoms with van der Waals surface area (Å²) in [7, 11) is 0. The van der Waals surface area contributed by atoms with Crippen molar-refractivity contribution >= 4 is 35.1 Å². The van der Waals surface area contributed by atoms with Crippen LogP contribution in [0.2, 0.25) is 5.02 Å². The third kappa shape index (κ3) is 1.73. The third-order valence-electron chi connectivity index (χ3n) is 1.27. The van der Waals surface area contributed by atoms with Gasteiger partial charge in [-0.15, -0.1) is 11.3 Å². The molecule has 0 atom stereocenters. The fourth-order valence-electron chi connectivity index (χ4n) is 0.783. The summed E-state index contributed by atoms with van der Waals surface area (Å²) in [6.07, 6.45) is 5.73. The Bertz CT molecular complexity index is 284. The maximum atomic E-state index is 5.83. The molecule has 0 spiro atoms. The molecule has 0 saturated carbocycles. The minimum absolute atomic E-state index is 0.665. The van der Waals surface area contributed by atoms with Gasteiger partial charge in [-0.2, -0.15) is 0 Å². The molecule has 0 N–H and O–H groups in total. The van der Waals surface area contributed by atoms with E-state index in [9.17, 15) is 0 Å². The van der Waals surface area contributed by atoms with Gasteiger partial charge in [0.25, 0.3) is 0 Å². The van der Waals surface area contributed by atoms with Gasteiger partial charge in [-0.3, -0.25) is 0 Å². The zero-order valence-corrected chi connectivity index (χ0v) is 7.80. The second-order valence-electron chi connectivity index (χ2n) is 2.00. The minimum atomic E-state index is 0.665. The first-order chi connectivity index (χ1) is 5.29. The molecular formula is C9H8ClS. The first-order valence-corrected chi connectivity index (χ1v) is 4.44. The lowest BCUT2D eigenvalue weighted by atomic mass is 10.2. The van der Waals surface area contributed by atoms with Crippen molar-refractivity contribution in [2.75, 3.05) is 0 Å². The second-order valence-corrected chi connectivity index (χ2v) is 3.23. The normalized spacial score (nSPS) is 10.7. The Kier molecular flexibility index (Phi) is 2.92. The highest BCUT2D eigenvalue weighted by Crippen LogP contribution is 2.28. The molecule has 1 aromatic heterocycles. The molecular weight excluding hydrogens is 176 g/mol. The van der Waals surface area contributed by atoms with Crippen LogP contribution in [-0.2, 0) is 0 Å². The summed E-state index contributed by atoms with van der Waals surface area (Å²) in [5, 5.41) is 3.62. The van der Waals surface area contributed by atoms with Gasteiger partial charge in [0.15, 0.2) is 0 Å². The molecule has 0 aliphatic heterocycles. The minimum Gasteiger partial charge on any atom is -0.133 e. The summed E-state index contributed by atoms with van der Waals surface area (Å²) in [5.41, 5.74) is 0.981. The molecule has 1 rings (SSSR count). The molecule has 2 heteroatoms. The van der Waals surface area contributed by atoms with Crippen molar-refractivity contribution in [3.63, 3.8) is 0 Å². The van der Waals surface area contributed by atoms with Crippen LogP contribution < -0.4 is 0 Å². The number of hydrogen-bond acceptors (Lipinski definition) is 1. The molecule has 0 unspecified atom stereocenters. The van der Waals surface area contributed by atoms with E-state index in [1.54, 1.807) is 6.08 Å². The van der Waals surface area contributed by atoms with E-state index < -0.39 is 0 Å². The Labute approximate surface area is 75.8 Å². The monoisotopic (exact) mass is 183 g/mol. The summed E-state index contributed by atoms with van der Waals surface area (Å²) in [4.78, 5) is 1.12. The first-order valence-electron chi connectivity index (χ1n) is 3.24. The summed E-state index contributed by atoms with van der Waals surface area (Å²) in [5.74, 6) is 0. The highest BCUT2D eigenvalue weighted by atomic mass is 35.5. The molecule has 0 aromatic carbocycles. The molecule has 1 heterocycles. The maximum absolute atomic E-state index is 5.83. The zero-order chi connectivity index (χ0) is 8.27. The summed E-state index contributed by atoms with van der Waals surface area (Å²) >= 11 is 7.34. The van der Waals surface area contributed by atoms with Gasteiger partial charge in [0.1, 0.15) is 0 Å². The van der Waals surface area contributed by atoms with Crippen molar-refractivity contribution in [3.05, 3.63) is 33.5 Å². The van der Waals surface area contributed by atoms with Crippen LogP contribution in [-0.4, -0.2) is 0 Å². The Balaban J connectivity index is 3.15. The van der Waals surface area contributed by atoms with Crippen LogP contribution in [0.3, 0.4) is 0 Å². The lowest BCUT2D eigenvalue weighted by Crippen LogP contribution is -1.68. The summed E-state index contributed by atoms with van der Waals surface area (Å²) < 4.78 is 0. The van der Waals surface area contributed by atoms with Gasteiger partial charge in [0.05, 0.1) is 10.4 Å². The molecule has 0 nitrogen and oxygen atoms in total. The number of thiophene rings is 1. The summed E-state index contributed by atoms with van der Waals surface area (Å²) in [6.45, 7) is 5.65. The molecule has 0 fully saturated rings. The average Bonchev–Trinajstić information content (AvgIpc) is 2.33. The van der Waals surface area contributed by atoms with E-state index in [1.165, 1.54) is 11.3 Å². The molecule has 1 aromatic rings. The molecule has 0 bridgehead atoms. The lowest BCUT2D eigenvalue weighted by Gasteiger charge is -1.89. The largest absolute Gasteiger partial charge is 0.133 e. The van der Waals surface area contributed by atoms with Crippen molar-refractivity contribution in [3.8, 4) is 0 Å². The van der Waals surface area contributed by atoms with Crippen molar-refractivity contribution in [1.29, 1.82) is 0 Å². The van der Waals surface area contributed by atoms with Gasteiger partial charge in [0.2, 0.25) is 0 Å². The second kappa shape index (κ2) is 3.74. The fraction of sp³-hybridized carbons (Fsp3) is 0.111. The Morgan fingerprint density at radius 2 is 2.36 bits per heavy atom. The predicted octanol–water partition coefficient (Wildman–Crippen LogP) is 3.88. The number of rotatable bonds is 2. The molecule has 57 valence electrons. The van der Waals surface area contributed by atoms with Crippen LogP contribution in [0.4, 0.5) is 0 Å². The average molecular weight is 184 g/mol. The van der Waals surface area contributed by atoms with Crippen molar-refractivity contribution in [2.24, 2.45) is 0 Å². The quantitative estimate of drug-likeness (QED) is 0.653. The highest BCUT2D eigenvalue weighted by molar-refractivity contribution is 7.11. The van der Waals surface area contributed by atoms with Crippen LogP contribution in [0.25, 0.3) is 12.2 Å². The molecule has 0 saturated heterocycles. The zero-order valence-electron chi connectivity index (χ0n) is 6.23. The molecule has 0 aliphatic carbocycles. The summed E-state index contributed by atoms with van der Waals surface area (Å²) in [6, 6.07) is 0. The van der Waals surface area contributed by atoms with Gasteiger partial charge in [-0.1, -0.05) is 30.3 Å². The fourth-order valence-corrected chi connectivity index (χ4v) is 1.94. The molecule has 1 radical (unpaired) electrons. The number of hydrogen-bond donors (Lipinski definition) is 0. The number of halogens is 1.